The molecule has 0 bridgehead atoms. The van der Waals surface area contributed by atoms with Crippen LogP contribution in [-0.2, 0) is 19.6 Å². The van der Waals surface area contributed by atoms with E-state index in [0.29, 0.717) is 0 Å². The number of piperazine rings is 1. The van der Waals surface area contributed by atoms with Crippen molar-refractivity contribution in [2.24, 2.45) is 0 Å². The highest BCUT2D eigenvalue weighted by molar-refractivity contribution is 7.89. The zero-order valence-electron chi connectivity index (χ0n) is 14.1. The predicted molar refractivity (Wildman–Crippen MR) is 89.5 cm³/mol. The number of amides is 1. The van der Waals surface area contributed by atoms with Crippen LogP contribution in [0.1, 0.15) is 25.3 Å². The minimum atomic E-state index is -4.00. The van der Waals surface area contributed by atoms with Gasteiger partial charge in [0.2, 0.25) is 15.9 Å². The Labute approximate surface area is 146 Å². The molecule has 1 saturated heterocycles. The quantitative estimate of drug-likeness (QED) is 0.759. The average molecular weight is 370 g/mol. The fourth-order valence-electron chi connectivity index (χ4n) is 2.74. The summed E-state index contributed by atoms with van der Waals surface area (Å²) in [6, 6.07) is 4.96. The molecule has 25 heavy (non-hydrogen) atoms. The number of hydrogen-bond acceptors (Lipinski definition) is 5. The summed E-state index contributed by atoms with van der Waals surface area (Å²) in [6.07, 6.45) is 0. The van der Waals surface area contributed by atoms with Crippen LogP contribution in [0, 0.1) is 0 Å². The molecule has 138 valence electrons. The molecule has 0 saturated carbocycles. The van der Waals surface area contributed by atoms with E-state index in [-0.39, 0.29) is 30.4 Å². The molecule has 9 heteroatoms. The lowest BCUT2D eigenvalue weighted by Gasteiger charge is -2.38. The Morgan fingerprint density at radius 3 is 2.28 bits per heavy atom. The third kappa shape index (κ3) is 4.00. The summed E-state index contributed by atoms with van der Waals surface area (Å²) in [5.41, 5.74) is 0.979. The highest BCUT2D eigenvalue weighted by Gasteiger charge is 2.41. The first-order valence-electron chi connectivity index (χ1n) is 7.91. The maximum absolute atomic E-state index is 12.8. The molecule has 2 N–H and O–H groups in total. The zero-order valence-corrected chi connectivity index (χ0v) is 14.9. The molecule has 1 atom stereocenters. The van der Waals surface area contributed by atoms with Crippen molar-refractivity contribution in [2.45, 2.75) is 30.7 Å². The largest absolute Gasteiger partial charge is 0.480 e. The van der Waals surface area contributed by atoms with Gasteiger partial charge in [0.15, 0.2) is 0 Å². The SMILES string of the molecule is CC(C)c1ccc(S(=O)(=O)N2CCN(C(=O)CO)CC2C(=O)O)cc1. The highest BCUT2D eigenvalue weighted by Crippen LogP contribution is 2.24. The van der Waals surface area contributed by atoms with Gasteiger partial charge in [-0.15, -0.1) is 0 Å². The van der Waals surface area contributed by atoms with Crippen molar-refractivity contribution in [1.29, 1.82) is 0 Å². The second-order valence-electron chi connectivity index (χ2n) is 6.19. The van der Waals surface area contributed by atoms with E-state index in [1.165, 1.54) is 12.1 Å². The molecule has 1 heterocycles. The molecule has 2 rings (SSSR count). The molecule has 0 aromatic heterocycles. The van der Waals surface area contributed by atoms with Crippen LogP contribution in [0.3, 0.4) is 0 Å². The van der Waals surface area contributed by atoms with E-state index in [2.05, 4.69) is 0 Å². The first-order valence-corrected chi connectivity index (χ1v) is 9.35. The molecular formula is C16H22N2O6S. The lowest BCUT2D eigenvalue weighted by Crippen LogP contribution is -2.59. The van der Waals surface area contributed by atoms with Gasteiger partial charge in [-0.3, -0.25) is 9.59 Å². The van der Waals surface area contributed by atoms with Crippen LogP contribution in [0.2, 0.25) is 0 Å². The number of aliphatic hydroxyl groups is 1. The molecule has 1 aromatic carbocycles. The third-order valence-electron chi connectivity index (χ3n) is 4.26. The van der Waals surface area contributed by atoms with Crippen LogP contribution in [0.25, 0.3) is 0 Å². The van der Waals surface area contributed by atoms with Gasteiger partial charge in [0.05, 0.1) is 4.90 Å². The van der Waals surface area contributed by atoms with Crippen LogP contribution in [0.5, 0.6) is 0 Å². The molecule has 1 aromatic rings. The normalized spacial score (nSPS) is 19.2. The Morgan fingerprint density at radius 1 is 1.20 bits per heavy atom. The number of hydrogen-bond donors (Lipinski definition) is 2. The summed E-state index contributed by atoms with van der Waals surface area (Å²) in [5.74, 6) is -1.71. The summed E-state index contributed by atoms with van der Waals surface area (Å²) in [4.78, 5) is 24.3. The summed E-state index contributed by atoms with van der Waals surface area (Å²) in [7, 11) is -4.00. The molecule has 1 unspecified atom stereocenters. The number of carbonyl (C=O) groups excluding carboxylic acids is 1. The number of benzene rings is 1. The van der Waals surface area contributed by atoms with Gasteiger partial charge in [-0.05, 0) is 23.6 Å². The number of nitrogens with zero attached hydrogens (tertiary/aromatic N) is 2. The van der Waals surface area contributed by atoms with Crippen molar-refractivity contribution in [3.63, 3.8) is 0 Å². The smallest absolute Gasteiger partial charge is 0.323 e. The Kier molecular flexibility index (Phi) is 5.81. The minimum absolute atomic E-state index is 0.0186. The van der Waals surface area contributed by atoms with Gasteiger partial charge in [0.1, 0.15) is 12.6 Å². The van der Waals surface area contributed by atoms with Crippen LogP contribution in [-0.4, -0.2) is 72.0 Å². The molecule has 1 amide bonds. The van der Waals surface area contributed by atoms with E-state index in [9.17, 15) is 23.1 Å². The van der Waals surface area contributed by atoms with Gasteiger partial charge in [0, 0.05) is 19.6 Å². The second-order valence-corrected chi connectivity index (χ2v) is 8.08. The number of sulfonamides is 1. The summed E-state index contributed by atoms with van der Waals surface area (Å²) in [5, 5.41) is 18.3. The molecule has 0 radical (unpaired) electrons. The summed E-state index contributed by atoms with van der Waals surface area (Å²) >= 11 is 0. The van der Waals surface area contributed by atoms with Gasteiger partial charge in [-0.1, -0.05) is 26.0 Å². The number of carboxylic acid groups (broad SMARTS) is 1. The van der Waals surface area contributed by atoms with Crippen LogP contribution in [0.15, 0.2) is 29.2 Å². The second kappa shape index (κ2) is 7.51. The lowest BCUT2D eigenvalue weighted by atomic mass is 10.0. The Balaban J connectivity index is 2.30. The first-order chi connectivity index (χ1) is 11.7. The highest BCUT2D eigenvalue weighted by atomic mass is 32.2. The van der Waals surface area contributed by atoms with Gasteiger partial charge in [-0.25, -0.2) is 8.42 Å². The summed E-state index contributed by atoms with van der Waals surface area (Å²) < 4.78 is 26.6. The van der Waals surface area contributed by atoms with Crippen molar-refractivity contribution in [1.82, 2.24) is 9.21 Å². The third-order valence-corrected chi connectivity index (χ3v) is 6.18. The standard InChI is InChI=1S/C16H22N2O6S/c1-11(2)12-3-5-13(6-4-12)25(23,24)18-8-7-17(15(20)10-19)9-14(18)16(21)22/h3-6,11,14,19H,7-10H2,1-2H3,(H,21,22). The Hall–Kier alpha value is -1.97. The topological polar surface area (TPSA) is 115 Å². The van der Waals surface area contributed by atoms with Crippen LogP contribution in [0.4, 0.5) is 0 Å². The van der Waals surface area contributed by atoms with Gasteiger partial charge in [-0.2, -0.15) is 4.31 Å². The Bertz CT molecular complexity index is 744. The van der Waals surface area contributed by atoms with E-state index in [1.54, 1.807) is 12.1 Å². The maximum Gasteiger partial charge on any atom is 0.323 e. The molecule has 1 aliphatic rings. The van der Waals surface area contributed by atoms with E-state index in [0.717, 1.165) is 14.8 Å². The molecule has 8 nitrogen and oxygen atoms in total. The number of aliphatic hydroxyl groups excluding tert-OH is 1. The number of carboxylic acids is 1. The molecule has 0 aliphatic carbocycles. The van der Waals surface area contributed by atoms with Gasteiger partial charge >= 0.3 is 5.97 Å². The van der Waals surface area contributed by atoms with Crippen molar-refractivity contribution in [3.8, 4) is 0 Å². The summed E-state index contributed by atoms with van der Waals surface area (Å²) in [6.45, 7) is 2.83. The van der Waals surface area contributed by atoms with Crippen LogP contribution < -0.4 is 0 Å². The van der Waals surface area contributed by atoms with E-state index < -0.39 is 34.5 Å². The molecular weight excluding hydrogens is 348 g/mol. The zero-order chi connectivity index (χ0) is 18.8. The van der Waals surface area contributed by atoms with Crippen molar-refractivity contribution in [2.75, 3.05) is 26.2 Å². The molecule has 1 aliphatic heterocycles. The molecule has 1 fully saturated rings. The first kappa shape index (κ1) is 19.4. The van der Waals surface area contributed by atoms with Crippen molar-refractivity contribution >= 4 is 21.9 Å². The molecule has 0 spiro atoms. The van der Waals surface area contributed by atoms with Gasteiger partial charge < -0.3 is 15.1 Å². The predicted octanol–water partition coefficient (Wildman–Crippen LogP) is 0.0884. The minimum Gasteiger partial charge on any atom is -0.480 e. The van der Waals surface area contributed by atoms with Gasteiger partial charge in [0.25, 0.3) is 0 Å². The average Bonchev–Trinajstić information content (AvgIpc) is 2.60. The van der Waals surface area contributed by atoms with E-state index in [1.807, 2.05) is 13.8 Å². The number of rotatable bonds is 5. The maximum atomic E-state index is 12.8. The van der Waals surface area contributed by atoms with E-state index in [4.69, 9.17) is 5.11 Å². The fraction of sp³-hybridized carbons (Fsp3) is 0.500. The monoisotopic (exact) mass is 370 g/mol. The number of carbonyl (C=O) groups is 2. The Morgan fingerprint density at radius 2 is 1.80 bits per heavy atom. The van der Waals surface area contributed by atoms with Crippen molar-refractivity contribution in [3.05, 3.63) is 29.8 Å². The number of aliphatic carboxylic acids is 1. The fourth-order valence-corrected chi connectivity index (χ4v) is 4.31. The van der Waals surface area contributed by atoms with Crippen molar-refractivity contribution < 1.29 is 28.2 Å². The van der Waals surface area contributed by atoms with E-state index >= 15 is 0 Å². The van der Waals surface area contributed by atoms with Crippen LogP contribution >= 0.6 is 0 Å². The lowest BCUT2D eigenvalue weighted by molar-refractivity contribution is -0.146.